The molecule has 0 saturated carbocycles. The van der Waals surface area contributed by atoms with Crippen molar-refractivity contribution >= 4 is 43.8 Å². The third-order valence-electron chi connectivity index (χ3n) is 5.32. The molecule has 1 aromatic heterocycles. The van der Waals surface area contributed by atoms with Gasteiger partial charge in [-0.3, -0.25) is 10.2 Å². The van der Waals surface area contributed by atoms with E-state index in [0.717, 1.165) is 29.4 Å². The summed E-state index contributed by atoms with van der Waals surface area (Å²) in [5.74, 6) is -1.23. The summed E-state index contributed by atoms with van der Waals surface area (Å²) in [6, 6.07) is 8.69. The number of nitrogens with one attached hydrogen (secondary N) is 2. The van der Waals surface area contributed by atoms with Crippen LogP contribution >= 0.6 is 0 Å². The largest absolute Gasteiger partial charge is 0.480 e. The van der Waals surface area contributed by atoms with Crippen molar-refractivity contribution in [2.24, 2.45) is 5.92 Å². The topological polar surface area (TPSA) is 124 Å². The first-order valence-electron chi connectivity index (χ1n) is 10.1. The van der Waals surface area contributed by atoms with Gasteiger partial charge in [0.15, 0.2) is 0 Å². The molecule has 2 aromatic carbocycles. The second-order valence-corrected chi connectivity index (χ2v) is 9.39. The van der Waals surface area contributed by atoms with E-state index in [0.29, 0.717) is 17.0 Å². The van der Waals surface area contributed by atoms with Crippen molar-refractivity contribution < 1.29 is 22.7 Å². The number of sulfonamides is 1. The quantitative estimate of drug-likeness (QED) is 0.359. The van der Waals surface area contributed by atoms with Gasteiger partial charge in [-0.05, 0) is 50.1 Å². The molecule has 0 saturated heterocycles. The van der Waals surface area contributed by atoms with Crippen LogP contribution < -0.4 is 4.72 Å². The summed E-state index contributed by atoms with van der Waals surface area (Å²) in [7, 11) is -4.05. The van der Waals surface area contributed by atoms with Crippen molar-refractivity contribution in [3.8, 4) is 0 Å². The first kappa shape index (κ1) is 22.8. The smallest absolute Gasteiger partial charge is 0.322 e. The molecule has 3 rings (SSSR count). The molecule has 1 heterocycles. The number of furan rings is 1. The Morgan fingerprint density at radius 3 is 2.35 bits per heavy atom. The number of amidine groups is 1. The lowest BCUT2D eigenvalue weighted by atomic mass is 10.1. The highest BCUT2D eigenvalue weighted by molar-refractivity contribution is 7.89. The predicted octanol–water partition coefficient (Wildman–Crippen LogP) is 3.64. The van der Waals surface area contributed by atoms with Crippen LogP contribution in [0.15, 0.2) is 45.7 Å². The van der Waals surface area contributed by atoms with Crippen LogP contribution in [0.3, 0.4) is 0 Å². The molecule has 0 aliphatic rings. The van der Waals surface area contributed by atoms with Gasteiger partial charge in [-0.15, -0.1) is 0 Å². The molecule has 0 radical (unpaired) electrons. The molecule has 8 nitrogen and oxygen atoms in total. The normalized spacial score (nSPS) is 13.1. The number of aliphatic carboxylic acids is 1. The second kappa shape index (κ2) is 8.68. The molecule has 9 heteroatoms. The maximum Gasteiger partial charge on any atom is 0.322 e. The highest BCUT2D eigenvalue weighted by atomic mass is 32.2. The van der Waals surface area contributed by atoms with Gasteiger partial charge in [-0.2, -0.15) is 4.72 Å². The zero-order valence-electron chi connectivity index (χ0n) is 18.0. The van der Waals surface area contributed by atoms with Gasteiger partial charge in [0, 0.05) is 35.5 Å². The molecule has 0 spiro atoms. The van der Waals surface area contributed by atoms with Crippen LogP contribution in [0.2, 0.25) is 0 Å². The van der Waals surface area contributed by atoms with Gasteiger partial charge in [0.25, 0.3) is 0 Å². The fraction of sp³-hybridized carbons (Fsp3) is 0.364. The van der Waals surface area contributed by atoms with Gasteiger partial charge in [0.05, 0.1) is 4.90 Å². The van der Waals surface area contributed by atoms with Gasteiger partial charge < -0.3 is 14.4 Å². The van der Waals surface area contributed by atoms with Crippen LogP contribution in [0.4, 0.5) is 0 Å². The Kier molecular flexibility index (Phi) is 6.38. The van der Waals surface area contributed by atoms with Gasteiger partial charge in [0.2, 0.25) is 10.0 Å². The Balaban J connectivity index is 2.02. The van der Waals surface area contributed by atoms with E-state index in [-0.39, 0.29) is 4.90 Å². The van der Waals surface area contributed by atoms with Crippen molar-refractivity contribution in [3.63, 3.8) is 0 Å². The van der Waals surface area contributed by atoms with Crippen LogP contribution in [0.25, 0.3) is 21.9 Å². The monoisotopic (exact) mass is 445 g/mol. The lowest BCUT2D eigenvalue weighted by Gasteiger charge is -2.21. The Morgan fingerprint density at radius 1 is 1.10 bits per heavy atom. The van der Waals surface area contributed by atoms with Crippen molar-refractivity contribution in [2.45, 2.75) is 38.6 Å². The van der Waals surface area contributed by atoms with Crippen LogP contribution in [0, 0.1) is 11.3 Å². The number of hydrogen-bond acceptors (Lipinski definition) is 5. The standard InChI is InChI=1S/C22H27N3O5S/c1-5-25(6-2)21(23)14-7-10-18-17(11-14)16-9-8-15(12-19(16)30-18)31(28,29)24-20(13(3)4)22(26)27/h7-13,20,23-24H,5-6H2,1-4H3,(H,26,27)/t20-/m0/s1. The number of benzene rings is 2. The molecule has 0 bridgehead atoms. The molecular weight excluding hydrogens is 418 g/mol. The highest BCUT2D eigenvalue weighted by Gasteiger charge is 2.28. The number of carboxylic acid groups (broad SMARTS) is 1. The minimum atomic E-state index is -4.05. The van der Waals surface area contributed by atoms with E-state index in [4.69, 9.17) is 9.83 Å². The van der Waals surface area contributed by atoms with Crippen molar-refractivity contribution in [1.82, 2.24) is 9.62 Å². The number of rotatable bonds is 8. The average Bonchev–Trinajstić information content (AvgIpc) is 3.09. The van der Waals surface area contributed by atoms with Crippen LogP contribution in [0.1, 0.15) is 33.3 Å². The van der Waals surface area contributed by atoms with Gasteiger partial charge in [-0.25, -0.2) is 8.42 Å². The lowest BCUT2D eigenvalue weighted by Crippen LogP contribution is -2.44. The molecule has 0 aliphatic heterocycles. The van der Waals surface area contributed by atoms with Crippen molar-refractivity contribution in [3.05, 3.63) is 42.0 Å². The molecule has 0 amide bonds. The molecule has 166 valence electrons. The third-order valence-corrected chi connectivity index (χ3v) is 6.76. The number of hydrogen-bond donors (Lipinski definition) is 3. The minimum absolute atomic E-state index is 0.0675. The summed E-state index contributed by atoms with van der Waals surface area (Å²) < 4.78 is 33.6. The Bertz CT molecular complexity index is 1240. The summed E-state index contributed by atoms with van der Waals surface area (Å²) in [6.07, 6.45) is 0. The predicted molar refractivity (Wildman–Crippen MR) is 120 cm³/mol. The van der Waals surface area contributed by atoms with Gasteiger partial charge in [0.1, 0.15) is 23.0 Å². The summed E-state index contributed by atoms with van der Waals surface area (Å²) in [4.78, 5) is 13.3. The Hall–Kier alpha value is -2.91. The number of carbonyl (C=O) groups is 1. The van der Waals surface area contributed by atoms with Crippen LogP contribution in [-0.4, -0.2) is 49.4 Å². The third kappa shape index (κ3) is 4.42. The van der Waals surface area contributed by atoms with Crippen molar-refractivity contribution in [1.29, 1.82) is 5.41 Å². The summed E-state index contributed by atoms with van der Waals surface area (Å²) in [5, 5.41) is 19.2. The molecule has 0 unspecified atom stereocenters. The van der Waals surface area contributed by atoms with E-state index in [1.54, 1.807) is 26.0 Å². The maximum absolute atomic E-state index is 12.7. The van der Waals surface area contributed by atoms with E-state index < -0.39 is 28.0 Å². The van der Waals surface area contributed by atoms with Gasteiger partial charge >= 0.3 is 5.97 Å². The van der Waals surface area contributed by atoms with Crippen LogP contribution in [-0.2, 0) is 14.8 Å². The van der Waals surface area contributed by atoms with E-state index in [1.165, 1.54) is 12.1 Å². The second-order valence-electron chi connectivity index (χ2n) is 7.67. The Labute approximate surface area is 181 Å². The van der Waals surface area contributed by atoms with E-state index in [1.807, 2.05) is 30.9 Å². The number of carboxylic acids is 1. The van der Waals surface area contributed by atoms with E-state index >= 15 is 0 Å². The molecule has 3 aromatic rings. The minimum Gasteiger partial charge on any atom is -0.480 e. The molecule has 3 N–H and O–H groups in total. The Morgan fingerprint density at radius 2 is 1.77 bits per heavy atom. The SMILES string of the molecule is CCN(CC)C(=N)c1ccc2oc3cc(S(=O)(=O)N[C@H](C(=O)O)C(C)C)ccc3c2c1. The van der Waals surface area contributed by atoms with Crippen LogP contribution in [0.5, 0.6) is 0 Å². The number of fused-ring (bicyclic) bond motifs is 3. The lowest BCUT2D eigenvalue weighted by molar-refractivity contribution is -0.140. The molecular formula is C22H27N3O5S. The van der Waals surface area contributed by atoms with Crippen molar-refractivity contribution in [2.75, 3.05) is 13.1 Å². The maximum atomic E-state index is 12.7. The van der Waals surface area contributed by atoms with E-state index in [9.17, 15) is 18.3 Å². The molecule has 31 heavy (non-hydrogen) atoms. The zero-order chi connectivity index (χ0) is 22.9. The zero-order valence-corrected chi connectivity index (χ0v) is 18.8. The summed E-state index contributed by atoms with van der Waals surface area (Å²) in [6.45, 7) is 8.71. The molecule has 1 atom stereocenters. The first-order valence-corrected chi connectivity index (χ1v) is 11.6. The fourth-order valence-electron chi connectivity index (χ4n) is 3.50. The summed E-state index contributed by atoms with van der Waals surface area (Å²) in [5.41, 5.74) is 1.71. The first-order chi connectivity index (χ1) is 14.6. The summed E-state index contributed by atoms with van der Waals surface area (Å²) >= 11 is 0. The van der Waals surface area contributed by atoms with E-state index in [2.05, 4.69) is 4.72 Å². The molecule has 0 fully saturated rings. The molecule has 0 aliphatic carbocycles. The number of nitrogens with zero attached hydrogens (tertiary/aromatic N) is 1. The van der Waals surface area contributed by atoms with Gasteiger partial charge in [-0.1, -0.05) is 13.8 Å². The fourth-order valence-corrected chi connectivity index (χ4v) is 4.85. The highest BCUT2D eigenvalue weighted by Crippen LogP contribution is 2.31. The average molecular weight is 446 g/mol.